The van der Waals surface area contributed by atoms with Gasteiger partial charge in [0.15, 0.2) is 5.16 Å². The summed E-state index contributed by atoms with van der Waals surface area (Å²) in [5, 5.41) is 1.03. The lowest BCUT2D eigenvalue weighted by Crippen LogP contribution is -2.30. The van der Waals surface area contributed by atoms with Gasteiger partial charge in [0.2, 0.25) is 11.9 Å². The van der Waals surface area contributed by atoms with Crippen LogP contribution in [0.2, 0.25) is 0 Å². The number of thioether (sulfide) groups is 1. The van der Waals surface area contributed by atoms with Gasteiger partial charge in [-0.25, -0.2) is 4.98 Å². The van der Waals surface area contributed by atoms with Crippen LogP contribution in [0, 0.1) is 0 Å². The first-order valence-electron chi connectivity index (χ1n) is 5.05. The molecule has 1 aliphatic rings. The van der Waals surface area contributed by atoms with Crippen molar-refractivity contribution in [3.05, 3.63) is 18.7 Å². The zero-order chi connectivity index (χ0) is 11.7. The van der Waals surface area contributed by atoms with Crippen molar-refractivity contribution in [3.8, 4) is 5.95 Å². The van der Waals surface area contributed by atoms with Crippen LogP contribution in [0.4, 0.5) is 5.95 Å². The summed E-state index contributed by atoms with van der Waals surface area (Å²) in [6.07, 6.45) is 5.04. The monoisotopic (exact) mass is 250 g/mol. The second-order valence-electron chi connectivity index (χ2n) is 3.52. The van der Waals surface area contributed by atoms with E-state index in [-0.39, 0.29) is 5.95 Å². The third-order valence-corrected chi connectivity index (χ3v) is 3.23. The standard InChI is InChI=1S/C9H10N6OS/c10-7-12-8(15-2-1-11-5-15)14-9(13-7)17-6-3-16-4-6/h1-2,5-6H,3-4H2,(H2,10,12,13,14). The average Bonchev–Trinajstić information content (AvgIpc) is 2.76. The highest BCUT2D eigenvalue weighted by Crippen LogP contribution is 2.25. The first kappa shape index (κ1) is 10.5. The molecule has 2 N–H and O–H groups in total. The zero-order valence-electron chi connectivity index (χ0n) is 8.85. The molecule has 0 aromatic carbocycles. The third kappa shape index (κ3) is 2.22. The molecule has 2 aromatic rings. The van der Waals surface area contributed by atoms with Gasteiger partial charge < -0.3 is 10.5 Å². The molecule has 1 aliphatic heterocycles. The number of hydrogen-bond acceptors (Lipinski definition) is 7. The molecule has 1 saturated heterocycles. The number of rotatable bonds is 3. The molecule has 0 aliphatic carbocycles. The van der Waals surface area contributed by atoms with Crippen molar-refractivity contribution in [2.24, 2.45) is 0 Å². The Morgan fingerprint density at radius 3 is 2.88 bits per heavy atom. The fourth-order valence-corrected chi connectivity index (χ4v) is 2.25. The maximum absolute atomic E-state index is 5.66. The number of nitrogens with two attached hydrogens (primary N) is 1. The van der Waals surface area contributed by atoms with E-state index in [1.807, 2.05) is 0 Å². The minimum absolute atomic E-state index is 0.214. The van der Waals surface area contributed by atoms with Crippen LogP contribution in [0.3, 0.4) is 0 Å². The second kappa shape index (κ2) is 4.30. The fraction of sp³-hybridized carbons (Fsp3) is 0.333. The first-order valence-corrected chi connectivity index (χ1v) is 5.93. The quantitative estimate of drug-likeness (QED) is 0.827. The van der Waals surface area contributed by atoms with E-state index in [1.54, 1.807) is 35.0 Å². The number of nitrogens with zero attached hydrogens (tertiary/aromatic N) is 5. The van der Waals surface area contributed by atoms with Crippen molar-refractivity contribution in [3.63, 3.8) is 0 Å². The molecule has 0 bridgehead atoms. The van der Waals surface area contributed by atoms with Crippen molar-refractivity contribution in [2.75, 3.05) is 18.9 Å². The van der Waals surface area contributed by atoms with E-state index in [1.165, 1.54) is 0 Å². The Labute approximate surface area is 101 Å². The highest BCUT2D eigenvalue weighted by molar-refractivity contribution is 7.99. The van der Waals surface area contributed by atoms with Gasteiger partial charge in [-0.2, -0.15) is 15.0 Å². The van der Waals surface area contributed by atoms with Gasteiger partial charge in [0.1, 0.15) is 6.33 Å². The molecule has 0 unspecified atom stereocenters. The van der Waals surface area contributed by atoms with Crippen molar-refractivity contribution in [2.45, 2.75) is 10.4 Å². The van der Waals surface area contributed by atoms with Gasteiger partial charge in [-0.1, -0.05) is 11.8 Å². The first-order chi connectivity index (χ1) is 8.31. The molecule has 0 atom stereocenters. The van der Waals surface area contributed by atoms with Crippen LogP contribution in [0.15, 0.2) is 23.9 Å². The highest BCUT2D eigenvalue weighted by atomic mass is 32.2. The number of hydrogen-bond donors (Lipinski definition) is 1. The molecular formula is C9H10N6OS. The van der Waals surface area contributed by atoms with Crippen molar-refractivity contribution in [1.29, 1.82) is 0 Å². The molecule has 17 heavy (non-hydrogen) atoms. The lowest BCUT2D eigenvalue weighted by atomic mass is 10.4. The molecule has 3 heterocycles. The predicted octanol–water partition coefficient (Wildman–Crippen LogP) is 0.130. The summed E-state index contributed by atoms with van der Waals surface area (Å²) in [5.41, 5.74) is 5.66. The smallest absolute Gasteiger partial charge is 0.240 e. The van der Waals surface area contributed by atoms with Crippen LogP contribution in [0.5, 0.6) is 0 Å². The van der Waals surface area contributed by atoms with Crippen LogP contribution in [-0.2, 0) is 4.74 Å². The molecule has 2 aromatic heterocycles. The second-order valence-corrected chi connectivity index (χ2v) is 4.79. The van der Waals surface area contributed by atoms with E-state index in [4.69, 9.17) is 10.5 Å². The maximum atomic E-state index is 5.66. The third-order valence-electron chi connectivity index (χ3n) is 2.24. The van der Waals surface area contributed by atoms with Crippen molar-refractivity contribution < 1.29 is 4.74 Å². The molecule has 0 spiro atoms. The van der Waals surface area contributed by atoms with Gasteiger partial charge in [-0.3, -0.25) is 4.57 Å². The van der Waals surface area contributed by atoms with E-state index >= 15 is 0 Å². The van der Waals surface area contributed by atoms with Crippen LogP contribution < -0.4 is 5.73 Å². The van der Waals surface area contributed by atoms with E-state index in [0.717, 1.165) is 13.2 Å². The number of imidazole rings is 1. The molecule has 1 fully saturated rings. The zero-order valence-corrected chi connectivity index (χ0v) is 9.67. The predicted molar refractivity (Wildman–Crippen MR) is 61.8 cm³/mol. The Balaban J connectivity index is 1.89. The van der Waals surface area contributed by atoms with Gasteiger partial charge in [0.25, 0.3) is 0 Å². The van der Waals surface area contributed by atoms with Crippen molar-refractivity contribution in [1.82, 2.24) is 24.5 Å². The summed E-state index contributed by atoms with van der Waals surface area (Å²) in [6, 6.07) is 0. The van der Waals surface area contributed by atoms with E-state index < -0.39 is 0 Å². The van der Waals surface area contributed by atoms with Crippen LogP contribution in [0.25, 0.3) is 5.95 Å². The summed E-state index contributed by atoms with van der Waals surface area (Å²) in [5.74, 6) is 0.698. The largest absolute Gasteiger partial charge is 0.379 e. The normalized spacial score (nSPS) is 15.8. The lowest BCUT2D eigenvalue weighted by Gasteiger charge is -2.24. The Kier molecular flexibility index (Phi) is 2.65. The number of nitrogen functional groups attached to an aromatic ring is 1. The van der Waals surface area contributed by atoms with E-state index in [2.05, 4.69) is 19.9 Å². The number of ether oxygens (including phenoxy) is 1. The van der Waals surface area contributed by atoms with Gasteiger partial charge >= 0.3 is 0 Å². The average molecular weight is 250 g/mol. The van der Waals surface area contributed by atoms with Crippen molar-refractivity contribution >= 4 is 17.7 Å². The number of anilines is 1. The topological polar surface area (TPSA) is 91.7 Å². The minimum atomic E-state index is 0.214. The molecule has 8 heteroatoms. The van der Waals surface area contributed by atoms with Crippen LogP contribution >= 0.6 is 11.8 Å². The summed E-state index contributed by atoms with van der Waals surface area (Å²) in [7, 11) is 0. The SMILES string of the molecule is Nc1nc(SC2COC2)nc(-n2ccnc2)n1. The van der Waals surface area contributed by atoms with Gasteiger partial charge in [-0.15, -0.1) is 0 Å². The summed E-state index contributed by atoms with van der Waals surface area (Å²) in [4.78, 5) is 16.4. The van der Waals surface area contributed by atoms with Gasteiger partial charge in [0.05, 0.1) is 18.5 Å². The number of aromatic nitrogens is 5. The highest BCUT2D eigenvalue weighted by Gasteiger charge is 2.21. The van der Waals surface area contributed by atoms with E-state index in [9.17, 15) is 0 Å². The summed E-state index contributed by atoms with van der Waals surface area (Å²) < 4.78 is 6.80. The van der Waals surface area contributed by atoms with Gasteiger partial charge in [-0.05, 0) is 0 Å². The summed E-state index contributed by atoms with van der Waals surface area (Å²) in [6.45, 7) is 1.47. The van der Waals surface area contributed by atoms with E-state index in [0.29, 0.717) is 16.4 Å². The Hall–Kier alpha value is -1.67. The molecule has 3 rings (SSSR count). The Morgan fingerprint density at radius 1 is 1.35 bits per heavy atom. The van der Waals surface area contributed by atoms with Crippen LogP contribution in [0.1, 0.15) is 0 Å². The maximum Gasteiger partial charge on any atom is 0.240 e. The van der Waals surface area contributed by atoms with Gasteiger partial charge in [0, 0.05) is 12.4 Å². The molecule has 0 amide bonds. The summed E-state index contributed by atoms with van der Waals surface area (Å²) >= 11 is 1.56. The minimum Gasteiger partial charge on any atom is -0.379 e. The molecule has 88 valence electrons. The molecular weight excluding hydrogens is 240 g/mol. The Morgan fingerprint density at radius 2 is 2.24 bits per heavy atom. The molecule has 7 nitrogen and oxygen atoms in total. The lowest BCUT2D eigenvalue weighted by molar-refractivity contribution is 0.0454. The van der Waals surface area contributed by atoms with Crippen LogP contribution in [-0.4, -0.2) is 43.0 Å². The molecule has 0 radical (unpaired) electrons. The Bertz CT molecular complexity index is 512. The fourth-order valence-electron chi connectivity index (χ4n) is 1.34. The molecule has 0 saturated carbocycles.